The molecule has 2 N–H and O–H groups in total. The average molecular weight is 277 g/mol. The first-order valence-electron chi connectivity index (χ1n) is 5.59. The lowest BCUT2D eigenvalue weighted by Gasteiger charge is -2.09. The van der Waals surface area contributed by atoms with E-state index in [-0.39, 0.29) is 0 Å². The molecule has 3 nitrogen and oxygen atoms in total. The third-order valence-electron chi connectivity index (χ3n) is 2.32. The normalized spacial score (nSPS) is 10.8. The molecule has 17 heavy (non-hydrogen) atoms. The minimum Gasteiger partial charge on any atom is -0.383 e. The van der Waals surface area contributed by atoms with Crippen LogP contribution in [0.1, 0.15) is 5.56 Å². The van der Waals surface area contributed by atoms with Gasteiger partial charge in [0.05, 0.1) is 6.61 Å². The smallest absolute Gasteiger partial charge is 0.0587 e. The van der Waals surface area contributed by atoms with Gasteiger partial charge in [-0.2, -0.15) is 0 Å². The van der Waals surface area contributed by atoms with Crippen LogP contribution >= 0.6 is 23.2 Å². The van der Waals surface area contributed by atoms with Gasteiger partial charge in [0.15, 0.2) is 0 Å². The van der Waals surface area contributed by atoms with Gasteiger partial charge >= 0.3 is 0 Å². The number of methoxy groups -OCH3 is 1. The van der Waals surface area contributed by atoms with Crippen LogP contribution in [0.4, 0.5) is 0 Å². The molecule has 1 rings (SSSR count). The molecule has 0 aromatic heterocycles. The second kappa shape index (κ2) is 8.72. The zero-order valence-electron chi connectivity index (χ0n) is 9.93. The molecule has 0 spiro atoms. The molecule has 1 aromatic carbocycles. The maximum Gasteiger partial charge on any atom is 0.0587 e. The average Bonchev–Trinajstić information content (AvgIpc) is 2.31. The van der Waals surface area contributed by atoms with E-state index in [0.29, 0.717) is 16.6 Å². The predicted octanol–water partition coefficient (Wildman–Crippen LogP) is 2.32. The second-order valence-electron chi connectivity index (χ2n) is 3.62. The Kier molecular flexibility index (Phi) is 7.56. The molecule has 0 bridgehead atoms. The molecule has 0 unspecified atom stereocenters. The molecule has 0 aliphatic heterocycles. The van der Waals surface area contributed by atoms with Crippen LogP contribution < -0.4 is 10.6 Å². The van der Waals surface area contributed by atoms with Gasteiger partial charge in [0, 0.05) is 48.9 Å². The molecule has 0 atom stereocenters. The van der Waals surface area contributed by atoms with Crippen LogP contribution in [-0.4, -0.2) is 33.4 Å². The lowest BCUT2D eigenvalue weighted by atomic mass is 10.2. The molecule has 0 aliphatic carbocycles. The molecular weight excluding hydrogens is 259 g/mol. The Morgan fingerprint density at radius 1 is 1.06 bits per heavy atom. The number of nitrogens with one attached hydrogen (secondary N) is 2. The number of rotatable bonds is 8. The third kappa shape index (κ3) is 5.70. The van der Waals surface area contributed by atoms with E-state index in [1.54, 1.807) is 7.11 Å². The highest BCUT2D eigenvalue weighted by Gasteiger charge is 2.03. The molecule has 5 heteroatoms. The Balaban J connectivity index is 2.18. The van der Waals surface area contributed by atoms with Gasteiger partial charge in [-0.05, 0) is 12.1 Å². The van der Waals surface area contributed by atoms with E-state index in [2.05, 4.69) is 10.6 Å². The van der Waals surface area contributed by atoms with Crippen LogP contribution in [0.2, 0.25) is 10.0 Å². The van der Waals surface area contributed by atoms with E-state index in [1.165, 1.54) is 0 Å². The summed E-state index contributed by atoms with van der Waals surface area (Å²) in [6.07, 6.45) is 0. The van der Waals surface area contributed by atoms with Crippen LogP contribution in [0, 0.1) is 0 Å². The summed E-state index contributed by atoms with van der Waals surface area (Å²) in [6, 6.07) is 5.54. The first-order chi connectivity index (χ1) is 8.25. The molecule has 0 radical (unpaired) electrons. The summed E-state index contributed by atoms with van der Waals surface area (Å²) in [5.74, 6) is 0. The number of ether oxygens (including phenoxy) is 1. The molecule has 0 amide bonds. The van der Waals surface area contributed by atoms with Crippen molar-refractivity contribution in [3.63, 3.8) is 0 Å². The van der Waals surface area contributed by atoms with Crippen molar-refractivity contribution >= 4 is 23.2 Å². The van der Waals surface area contributed by atoms with Crippen molar-refractivity contribution in [3.8, 4) is 0 Å². The van der Waals surface area contributed by atoms with Crippen molar-refractivity contribution in [2.45, 2.75) is 6.54 Å². The van der Waals surface area contributed by atoms with E-state index < -0.39 is 0 Å². The van der Waals surface area contributed by atoms with Gasteiger partial charge in [0.1, 0.15) is 0 Å². The Labute approximate surface area is 112 Å². The Morgan fingerprint density at radius 3 is 2.35 bits per heavy atom. The summed E-state index contributed by atoms with van der Waals surface area (Å²) in [4.78, 5) is 0. The lowest BCUT2D eigenvalue weighted by molar-refractivity contribution is 0.199. The Hall–Kier alpha value is -0.320. The summed E-state index contributed by atoms with van der Waals surface area (Å²) < 4.78 is 4.93. The predicted molar refractivity (Wildman–Crippen MR) is 72.9 cm³/mol. The quantitative estimate of drug-likeness (QED) is 0.715. The first-order valence-corrected chi connectivity index (χ1v) is 6.34. The van der Waals surface area contributed by atoms with Crippen LogP contribution in [0.15, 0.2) is 18.2 Å². The van der Waals surface area contributed by atoms with Crippen molar-refractivity contribution in [2.24, 2.45) is 0 Å². The fourth-order valence-corrected chi connectivity index (χ4v) is 1.92. The van der Waals surface area contributed by atoms with E-state index in [0.717, 1.165) is 31.8 Å². The Morgan fingerprint density at radius 2 is 1.71 bits per heavy atom. The molecular formula is C12H18Cl2N2O. The van der Waals surface area contributed by atoms with Crippen molar-refractivity contribution < 1.29 is 4.74 Å². The minimum absolute atomic E-state index is 0.685. The van der Waals surface area contributed by atoms with Crippen LogP contribution in [-0.2, 0) is 11.3 Å². The van der Waals surface area contributed by atoms with Crippen LogP contribution in [0.3, 0.4) is 0 Å². The number of benzene rings is 1. The summed E-state index contributed by atoms with van der Waals surface area (Å²) in [5.41, 5.74) is 0.952. The zero-order chi connectivity index (χ0) is 12.5. The monoisotopic (exact) mass is 276 g/mol. The van der Waals surface area contributed by atoms with Crippen molar-refractivity contribution in [1.29, 1.82) is 0 Å². The number of hydrogen-bond acceptors (Lipinski definition) is 3. The van der Waals surface area contributed by atoms with Crippen LogP contribution in [0.5, 0.6) is 0 Å². The minimum atomic E-state index is 0.685. The maximum atomic E-state index is 6.05. The zero-order valence-corrected chi connectivity index (χ0v) is 11.4. The highest BCUT2D eigenvalue weighted by atomic mass is 35.5. The van der Waals surface area contributed by atoms with Crippen molar-refractivity contribution in [3.05, 3.63) is 33.8 Å². The third-order valence-corrected chi connectivity index (χ3v) is 3.03. The van der Waals surface area contributed by atoms with E-state index in [4.69, 9.17) is 27.9 Å². The van der Waals surface area contributed by atoms with Crippen molar-refractivity contribution in [1.82, 2.24) is 10.6 Å². The van der Waals surface area contributed by atoms with Gasteiger partial charge in [0.25, 0.3) is 0 Å². The van der Waals surface area contributed by atoms with Gasteiger partial charge in [-0.25, -0.2) is 0 Å². The van der Waals surface area contributed by atoms with Crippen molar-refractivity contribution in [2.75, 3.05) is 33.4 Å². The second-order valence-corrected chi connectivity index (χ2v) is 4.43. The fraction of sp³-hybridized carbons (Fsp3) is 0.500. The highest BCUT2D eigenvalue weighted by Crippen LogP contribution is 2.23. The van der Waals surface area contributed by atoms with Gasteiger partial charge in [-0.3, -0.25) is 0 Å². The van der Waals surface area contributed by atoms with Crippen LogP contribution in [0.25, 0.3) is 0 Å². The van der Waals surface area contributed by atoms with Gasteiger partial charge in [-0.1, -0.05) is 29.3 Å². The standard InChI is InChI=1S/C12H18Cl2N2O/c1-17-8-7-15-5-6-16-9-10-11(13)3-2-4-12(10)14/h2-4,15-16H,5-9H2,1H3. The maximum absolute atomic E-state index is 6.05. The summed E-state index contributed by atoms with van der Waals surface area (Å²) in [6.45, 7) is 4.04. The topological polar surface area (TPSA) is 33.3 Å². The fourth-order valence-electron chi connectivity index (χ4n) is 1.39. The SMILES string of the molecule is COCCNCCNCc1c(Cl)cccc1Cl. The Bertz CT molecular complexity index is 314. The number of hydrogen-bond donors (Lipinski definition) is 2. The van der Waals surface area contributed by atoms with Gasteiger partial charge in [-0.15, -0.1) is 0 Å². The highest BCUT2D eigenvalue weighted by molar-refractivity contribution is 6.35. The summed E-state index contributed by atoms with van der Waals surface area (Å²) >= 11 is 12.1. The van der Waals surface area contributed by atoms with E-state index in [9.17, 15) is 0 Å². The largest absolute Gasteiger partial charge is 0.383 e. The molecule has 0 fully saturated rings. The molecule has 0 saturated carbocycles. The summed E-state index contributed by atoms with van der Waals surface area (Å²) in [7, 11) is 1.69. The van der Waals surface area contributed by atoms with E-state index in [1.807, 2.05) is 18.2 Å². The van der Waals surface area contributed by atoms with Gasteiger partial charge < -0.3 is 15.4 Å². The summed E-state index contributed by atoms with van der Waals surface area (Å²) in [5, 5.41) is 7.95. The number of halogens is 2. The molecule has 0 saturated heterocycles. The molecule has 0 heterocycles. The lowest BCUT2D eigenvalue weighted by Crippen LogP contribution is -2.29. The molecule has 1 aromatic rings. The molecule has 96 valence electrons. The first kappa shape index (κ1) is 14.7. The van der Waals surface area contributed by atoms with Gasteiger partial charge in [0.2, 0.25) is 0 Å². The van der Waals surface area contributed by atoms with E-state index >= 15 is 0 Å². The molecule has 0 aliphatic rings.